The number of primary sulfonamides is 1. The minimum Gasteiger partial charge on any atom is -0.243 e. The number of hydrogen-bond donors (Lipinski definition) is 1. The number of aromatic nitrogens is 1. The van der Waals surface area contributed by atoms with Gasteiger partial charge in [0, 0.05) is 22.2 Å². The SMILES string of the molecule is NS(=O)(=O)c1ccc(C2=CC3(C=C2c2ccc(Cl)cc2)CCC3)cn1. The van der Waals surface area contributed by atoms with E-state index in [0.717, 1.165) is 35.1 Å². The molecule has 1 spiro atoms. The second-order valence-corrected chi connectivity index (χ2v) is 8.58. The van der Waals surface area contributed by atoms with Crippen LogP contribution in [-0.4, -0.2) is 13.4 Å². The second-order valence-electron chi connectivity index (χ2n) is 6.64. The van der Waals surface area contributed by atoms with Crippen LogP contribution in [0.5, 0.6) is 0 Å². The fourth-order valence-electron chi connectivity index (χ4n) is 3.46. The molecule has 1 aromatic heterocycles. The average molecular weight is 373 g/mol. The van der Waals surface area contributed by atoms with Crippen LogP contribution >= 0.6 is 11.6 Å². The first-order valence-corrected chi connectivity index (χ1v) is 10.0. The van der Waals surface area contributed by atoms with Crippen LogP contribution in [-0.2, 0) is 10.0 Å². The maximum Gasteiger partial charge on any atom is 0.255 e. The highest BCUT2D eigenvalue weighted by Crippen LogP contribution is 2.53. The van der Waals surface area contributed by atoms with Gasteiger partial charge in [-0.05, 0) is 53.8 Å². The Bertz CT molecular complexity index is 987. The van der Waals surface area contributed by atoms with Crippen molar-refractivity contribution < 1.29 is 8.42 Å². The van der Waals surface area contributed by atoms with Crippen molar-refractivity contribution in [1.82, 2.24) is 4.98 Å². The molecule has 1 fully saturated rings. The van der Waals surface area contributed by atoms with Gasteiger partial charge < -0.3 is 0 Å². The zero-order valence-corrected chi connectivity index (χ0v) is 15.0. The van der Waals surface area contributed by atoms with Crippen LogP contribution in [0, 0.1) is 5.41 Å². The summed E-state index contributed by atoms with van der Waals surface area (Å²) in [6, 6.07) is 11.0. The van der Waals surface area contributed by atoms with Crippen LogP contribution in [0.1, 0.15) is 30.4 Å². The molecule has 2 N–H and O–H groups in total. The summed E-state index contributed by atoms with van der Waals surface area (Å²) < 4.78 is 22.8. The summed E-state index contributed by atoms with van der Waals surface area (Å²) in [6.45, 7) is 0. The number of allylic oxidation sites excluding steroid dienone is 4. The Balaban J connectivity index is 1.77. The average Bonchev–Trinajstić information content (AvgIpc) is 2.96. The normalized spacial score (nSPS) is 18.6. The number of hydrogen-bond acceptors (Lipinski definition) is 3. The van der Waals surface area contributed by atoms with Crippen molar-refractivity contribution in [3.63, 3.8) is 0 Å². The molecule has 1 heterocycles. The predicted octanol–water partition coefficient (Wildman–Crippen LogP) is 4.03. The molecule has 2 aliphatic rings. The van der Waals surface area contributed by atoms with E-state index >= 15 is 0 Å². The third-order valence-corrected chi connectivity index (χ3v) is 6.01. The van der Waals surface area contributed by atoms with E-state index in [4.69, 9.17) is 16.7 Å². The molecule has 128 valence electrons. The van der Waals surface area contributed by atoms with E-state index in [1.165, 1.54) is 12.5 Å². The summed E-state index contributed by atoms with van der Waals surface area (Å²) in [5.74, 6) is 0. The topological polar surface area (TPSA) is 73.1 Å². The summed E-state index contributed by atoms with van der Waals surface area (Å²) in [7, 11) is -3.79. The molecule has 4 rings (SSSR count). The van der Waals surface area contributed by atoms with Crippen molar-refractivity contribution in [3.8, 4) is 0 Å². The standard InChI is InChI=1S/C19H17ClN2O2S/c20-15-5-2-13(3-6-15)16-10-19(8-1-9-19)11-17(16)14-4-7-18(22-12-14)25(21,23)24/h2-7,10-12H,1,8-9H2,(H2,21,23,24). The molecule has 0 bridgehead atoms. The van der Waals surface area contributed by atoms with Crippen molar-refractivity contribution >= 4 is 32.8 Å². The minimum atomic E-state index is -3.79. The maximum absolute atomic E-state index is 11.4. The van der Waals surface area contributed by atoms with E-state index in [-0.39, 0.29) is 10.4 Å². The van der Waals surface area contributed by atoms with Gasteiger partial charge in [0.1, 0.15) is 0 Å². The molecule has 1 aromatic carbocycles. The van der Waals surface area contributed by atoms with Crippen molar-refractivity contribution in [1.29, 1.82) is 0 Å². The molecule has 25 heavy (non-hydrogen) atoms. The molecular formula is C19H17ClN2O2S. The first-order chi connectivity index (χ1) is 11.9. The third-order valence-electron chi connectivity index (χ3n) is 4.93. The number of nitrogens with two attached hydrogens (primary N) is 1. The number of benzene rings is 1. The Hall–Kier alpha value is -1.95. The number of pyridine rings is 1. The second kappa shape index (κ2) is 5.80. The van der Waals surface area contributed by atoms with Gasteiger partial charge in [0.15, 0.2) is 5.03 Å². The molecule has 0 atom stereocenters. The van der Waals surface area contributed by atoms with Crippen molar-refractivity contribution in [2.24, 2.45) is 10.6 Å². The lowest BCUT2D eigenvalue weighted by atomic mass is 9.70. The number of halogens is 1. The quantitative estimate of drug-likeness (QED) is 0.883. The highest BCUT2D eigenvalue weighted by atomic mass is 35.5. The molecule has 0 aliphatic heterocycles. The first-order valence-electron chi connectivity index (χ1n) is 8.08. The summed E-state index contributed by atoms with van der Waals surface area (Å²) in [5, 5.41) is 5.72. The van der Waals surface area contributed by atoms with E-state index in [1.54, 1.807) is 12.3 Å². The van der Waals surface area contributed by atoms with Crippen molar-refractivity contribution in [2.75, 3.05) is 0 Å². The third kappa shape index (κ3) is 3.03. The largest absolute Gasteiger partial charge is 0.255 e. The van der Waals surface area contributed by atoms with E-state index in [1.807, 2.05) is 24.3 Å². The van der Waals surface area contributed by atoms with E-state index in [9.17, 15) is 8.42 Å². The molecular weight excluding hydrogens is 356 g/mol. The lowest BCUT2D eigenvalue weighted by Gasteiger charge is -2.34. The van der Waals surface area contributed by atoms with Crippen LogP contribution in [0.15, 0.2) is 59.8 Å². The molecule has 0 unspecified atom stereocenters. The van der Waals surface area contributed by atoms with Crippen LogP contribution in [0.3, 0.4) is 0 Å². The van der Waals surface area contributed by atoms with Crippen molar-refractivity contribution in [2.45, 2.75) is 24.3 Å². The molecule has 2 aromatic rings. The highest BCUT2D eigenvalue weighted by Gasteiger charge is 2.38. The summed E-state index contributed by atoms with van der Waals surface area (Å²) in [5.41, 5.74) is 4.31. The van der Waals surface area contributed by atoms with Crippen LogP contribution in [0.4, 0.5) is 0 Å². The van der Waals surface area contributed by atoms with Gasteiger partial charge in [-0.1, -0.05) is 42.3 Å². The van der Waals surface area contributed by atoms with E-state index in [2.05, 4.69) is 17.1 Å². The highest BCUT2D eigenvalue weighted by molar-refractivity contribution is 7.89. The molecule has 0 radical (unpaired) electrons. The van der Waals surface area contributed by atoms with Gasteiger partial charge in [0.25, 0.3) is 10.0 Å². The molecule has 0 saturated heterocycles. The van der Waals surface area contributed by atoms with Gasteiger partial charge >= 0.3 is 0 Å². The van der Waals surface area contributed by atoms with Gasteiger partial charge in [-0.2, -0.15) is 0 Å². The molecule has 0 amide bonds. The zero-order valence-electron chi connectivity index (χ0n) is 13.4. The summed E-state index contributed by atoms with van der Waals surface area (Å²) >= 11 is 6.01. The Kier molecular flexibility index (Phi) is 3.83. The number of sulfonamides is 1. The Morgan fingerprint density at radius 1 is 0.960 bits per heavy atom. The summed E-state index contributed by atoms with van der Waals surface area (Å²) in [6.07, 6.45) is 9.67. The Labute approximate surface area is 152 Å². The lowest BCUT2D eigenvalue weighted by molar-refractivity contribution is 0.282. The van der Waals surface area contributed by atoms with Gasteiger partial charge in [0.05, 0.1) is 0 Å². The van der Waals surface area contributed by atoms with Crippen LogP contribution < -0.4 is 5.14 Å². The fraction of sp³-hybridized carbons (Fsp3) is 0.211. The zero-order chi connectivity index (χ0) is 17.7. The monoisotopic (exact) mass is 372 g/mol. The molecule has 2 aliphatic carbocycles. The first kappa shape index (κ1) is 16.5. The van der Waals surface area contributed by atoms with E-state index < -0.39 is 10.0 Å². The Morgan fingerprint density at radius 2 is 1.56 bits per heavy atom. The van der Waals surface area contributed by atoms with E-state index in [0.29, 0.717) is 5.02 Å². The smallest absolute Gasteiger partial charge is 0.243 e. The van der Waals surface area contributed by atoms with Gasteiger partial charge in [-0.25, -0.2) is 18.5 Å². The predicted molar refractivity (Wildman–Crippen MR) is 99.3 cm³/mol. The molecule has 6 heteroatoms. The lowest BCUT2D eigenvalue weighted by Crippen LogP contribution is -2.22. The van der Waals surface area contributed by atoms with Crippen LogP contribution in [0.2, 0.25) is 5.02 Å². The van der Waals surface area contributed by atoms with Gasteiger partial charge in [-0.3, -0.25) is 0 Å². The van der Waals surface area contributed by atoms with Gasteiger partial charge in [0.2, 0.25) is 0 Å². The molecule has 4 nitrogen and oxygen atoms in total. The Morgan fingerprint density at radius 3 is 2.04 bits per heavy atom. The maximum atomic E-state index is 11.4. The fourth-order valence-corrected chi connectivity index (χ4v) is 4.04. The van der Waals surface area contributed by atoms with Gasteiger partial charge in [-0.15, -0.1) is 0 Å². The molecule has 1 saturated carbocycles. The minimum absolute atomic E-state index is 0.114. The summed E-state index contributed by atoms with van der Waals surface area (Å²) in [4.78, 5) is 4.03. The number of rotatable bonds is 3. The van der Waals surface area contributed by atoms with Crippen molar-refractivity contribution in [3.05, 3.63) is 70.9 Å². The van der Waals surface area contributed by atoms with Crippen LogP contribution in [0.25, 0.3) is 11.1 Å². The number of nitrogens with zero attached hydrogens (tertiary/aromatic N) is 1.